The SMILES string of the molecule is Cc1ccccc1-c1nc(CS(=O)(=O)Cc2ccnn2C)no1. The zero-order chi connectivity index (χ0) is 16.4. The van der Waals surface area contributed by atoms with E-state index in [2.05, 4.69) is 15.2 Å². The largest absolute Gasteiger partial charge is 0.334 e. The highest BCUT2D eigenvalue weighted by atomic mass is 32.2. The van der Waals surface area contributed by atoms with E-state index in [0.29, 0.717) is 11.6 Å². The molecule has 0 unspecified atom stereocenters. The third-order valence-corrected chi connectivity index (χ3v) is 4.92. The second kappa shape index (κ2) is 5.96. The standard InChI is InChI=1S/C15H16N4O3S/c1-11-5-3-4-6-13(11)15-17-14(18-22-15)10-23(20,21)9-12-7-8-16-19(12)2/h3-8H,9-10H2,1-2H3. The van der Waals surface area contributed by atoms with Crippen LogP contribution >= 0.6 is 0 Å². The molecule has 0 aliphatic rings. The Hall–Kier alpha value is -2.48. The van der Waals surface area contributed by atoms with Crippen molar-refractivity contribution < 1.29 is 12.9 Å². The molecular weight excluding hydrogens is 316 g/mol. The Morgan fingerprint density at radius 2 is 1.96 bits per heavy atom. The summed E-state index contributed by atoms with van der Waals surface area (Å²) in [4.78, 5) is 4.20. The molecule has 1 aromatic carbocycles. The van der Waals surface area contributed by atoms with Crippen LogP contribution in [0.1, 0.15) is 17.1 Å². The van der Waals surface area contributed by atoms with Crippen LogP contribution in [0.4, 0.5) is 0 Å². The molecule has 2 heterocycles. The Labute approximate surface area is 133 Å². The average molecular weight is 332 g/mol. The number of hydrogen-bond acceptors (Lipinski definition) is 6. The van der Waals surface area contributed by atoms with Crippen molar-refractivity contribution in [2.45, 2.75) is 18.4 Å². The van der Waals surface area contributed by atoms with Gasteiger partial charge in [0, 0.05) is 18.8 Å². The summed E-state index contributed by atoms with van der Waals surface area (Å²) in [7, 11) is -1.70. The summed E-state index contributed by atoms with van der Waals surface area (Å²) < 4.78 is 31.3. The molecule has 3 rings (SSSR count). The summed E-state index contributed by atoms with van der Waals surface area (Å²) in [6.07, 6.45) is 1.56. The lowest BCUT2D eigenvalue weighted by Crippen LogP contribution is -2.11. The highest BCUT2D eigenvalue weighted by Crippen LogP contribution is 2.21. The van der Waals surface area contributed by atoms with E-state index in [-0.39, 0.29) is 17.3 Å². The Bertz CT molecular complexity index is 928. The van der Waals surface area contributed by atoms with Gasteiger partial charge in [0.1, 0.15) is 5.75 Å². The molecular formula is C15H16N4O3S. The van der Waals surface area contributed by atoms with Gasteiger partial charge in [0.2, 0.25) is 0 Å². The molecule has 8 heteroatoms. The normalized spacial score (nSPS) is 11.7. The van der Waals surface area contributed by atoms with Crippen molar-refractivity contribution in [1.82, 2.24) is 19.9 Å². The Kier molecular flexibility index (Phi) is 3.99. The minimum Gasteiger partial charge on any atom is -0.334 e. The van der Waals surface area contributed by atoms with Gasteiger partial charge in [0.25, 0.3) is 5.89 Å². The molecule has 0 N–H and O–H groups in total. The van der Waals surface area contributed by atoms with Crippen LogP contribution in [0.3, 0.4) is 0 Å². The lowest BCUT2D eigenvalue weighted by atomic mass is 10.1. The Balaban J connectivity index is 1.79. The molecule has 0 aliphatic carbocycles. The zero-order valence-electron chi connectivity index (χ0n) is 12.8. The van der Waals surface area contributed by atoms with E-state index >= 15 is 0 Å². The van der Waals surface area contributed by atoms with Gasteiger partial charge in [-0.05, 0) is 24.6 Å². The van der Waals surface area contributed by atoms with Gasteiger partial charge in [-0.2, -0.15) is 10.1 Å². The van der Waals surface area contributed by atoms with E-state index < -0.39 is 9.84 Å². The minimum absolute atomic E-state index is 0.113. The quantitative estimate of drug-likeness (QED) is 0.708. The highest BCUT2D eigenvalue weighted by Gasteiger charge is 2.20. The molecule has 0 bridgehead atoms. The van der Waals surface area contributed by atoms with Crippen LogP contribution in [-0.4, -0.2) is 28.3 Å². The summed E-state index contributed by atoms with van der Waals surface area (Å²) in [5.74, 6) is 0.102. The topological polar surface area (TPSA) is 90.9 Å². The summed E-state index contributed by atoms with van der Waals surface area (Å²) in [5.41, 5.74) is 2.41. The fraction of sp³-hybridized carbons (Fsp3) is 0.267. The van der Waals surface area contributed by atoms with Crippen molar-refractivity contribution in [2.75, 3.05) is 0 Å². The van der Waals surface area contributed by atoms with E-state index in [9.17, 15) is 8.42 Å². The lowest BCUT2D eigenvalue weighted by Gasteiger charge is -2.02. The number of nitrogens with zero attached hydrogens (tertiary/aromatic N) is 4. The van der Waals surface area contributed by atoms with Gasteiger partial charge in [0.15, 0.2) is 15.7 Å². The fourth-order valence-corrected chi connectivity index (χ4v) is 3.60. The fourth-order valence-electron chi connectivity index (χ4n) is 2.25. The number of aryl methyl sites for hydroxylation is 2. The molecule has 3 aromatic rings. The van der Waals surface area contributed by atoms with Crippen LogP contribution in [0, 0.1) is 6.92 Å². The summed E-state index contributed by atoms with van der Waals surface area (Å²) >= 11 is 0. The van der Waals surface area contributed by atoms with Crippen LogP contribution in [0.5, 0.6) is 0 Å². The van der Waals surface area contributed by atoms with Gasteiger partial charge >= 0.3 is 0 Å². The number of rotatable bonds is 5. The van der Waals surface area contributed by atoms with Crippen molar-refractivity contribution in [2.24, 2.45) is 7.05 Å². The van der Waals surface area contributed by atoms with Crippen LogP contribution in [0.25, 0.3) is 11.5 Å². The molecule has 120 valence electrons. The van der Waals surface area contributed by atoms with Gasteiger partial charge in [-0.15, -0.1) is 0 Å². The van der Waals surface area contributed by atoms with E-state index in [0.717, 1.165) is 11.1 Å². The molecule has 7 nitrogen and oxygen atoms in total. The number of benzene rings is 1. The van der Waals surface area contributed by atoms with Gasteiger partial charge in [-0.25, -0.2) is 8.42 Å². The smallest absolute Gasteiger partial charge is 0.258 e. The third kappa shape index (κ3) is 3.48. The van der Waals surface area contributed by atoms with E-state index in [1.54, 1.807) is 19.3 Å². The van der Waals surface area contributed by atoms with E-state index in [1.807, 2.05) is 31.2 Å². The first-order valence-electron chi connectivity index (χ1n) is 7.00. The van der Waals surface area contributed by atoms with Crippen molar-refractivity contribution in [3.8, 4) is 11.5 Å². The molecule has 0 fully saturated rings. The summed E-state index contributed by atoms with van der Waals surface area (Å²) in [5, 5.41) is 7.75. The number of hydrogen-bond donors (Lipinski definition) is 0. The summed E-state index contributed by atoms with van der Waals surface area (Å²) in [6, 6.07) is 9.24. The molecule has 0 saturated heterocycles. The van der Waals surface area contributed by atoms with Crippen molar-refractivity contribution in [3.05, 3.63) is 53.6 Å². The third-order valence-electron chi connectivity index (χ3n) is 3.48. The molecule has 23 heavy (non-hydrogen) atoms. The van der Waals surface area contributed by atoms with Crippen LogP contribution in [0.15, 0.2) is 41.1 Å². The van der Waals surface area contributed by atoms with Crippen LogP contribution in [-0.2, 0) is 28.4 Å². The van der Waals surface area contributed by atoms with Crippen molar-refractivity contribution in [3.63, 3.8) is 0 Å². The monoisotopic (exact) mass is 332 g/mol. The maximum atomic E-state index is 12.3. The highest BCUT2D eigenvalue weighted by molar-refractivity contribution is 7.89. The second-order valence-corrected chi connectivity index (χ2v) is 7.37. The zero-order valence-corrected chi connectivity index (χ0v) is 13.6. The van der Waals surface area contributed by atoms with Gasteiger partial charge in [-0.3, -0.25) is 4.68 Å². The van der Waals surface area contributed by atoms with E-state index in [4.69, 9.17) is 4.52 Å². The van der Waals surface area contributed by atoms with Gasteiger partial charge in [-0.1, -0.05) is 23.4 Å². The van der Waals surface area contributed by atoms with Gasteiger partial charge < -0.3 is 4.52 Å². The molecule has 0 radical (unpaired) electrons. The first kappa shape index (κ1) is 15.4. The molecule has 0 aliphatic heterocycles. The number of aromatic nitrogens is 4. The predicted molar refractivity (Wildman–Crippen MR) is 84.0 cm³/mol. The average Bonchev–Trinajstić information content (AvgIpc) is 3.09. The Morgan fingerprint density at radius 1 is 1.17 bits per heavy atom. The van der Waals surface area contributed by atoms with E-state index in [1.165, 1.54) is 4.68 Å². The number of sulfone groups is 1. The molecule has 0 atom stereocenters. The van der Waals surface area contributed by atoms with Crippen LogP contribution in [0.2, 0.25) is 0 Å². The van der Waals surface area contributed by atoms with Crippen molar-refractivity contribution >= 4 is 9.84 Å². The maximum Gasteiger partial charge on any atom is 0.258 e. The van der Waals surface area contributed by atoms with Crippen molar-refractivity contribution in [1.29, 1.82) is 0 Å². The lowest BCUT2D eigenvalue weighted by molar-refractivity contribution is 0.424. The minimum atomic E-state index is -3.40. The Morgan fingerprint density at radius 3 is 2.65 bits per heavy atom. The first-order chi connectivity index (χ1) is 10.9. The molecule has 0 saturated carbocycles. The predicted octanol–water partition coefficient (Wildman–Crippen LogP) is 1.89. The molecule has 2 aromatic heterocycles. The first-order valence-corrected chi connectivity index (χ1v) is 8.83. The maximum absolute atomic E-state index is 12.3. The molecule has 0 spiro atoms. The second-order valence-electron chi connectivity index (χ2n) is 5.31. The van der Waals surface area contributed by atoms with Crippen LogP contribution < -0.4 is 0 Å². The van der Waals surface area contributed by atoms with Gasteiger partial charge in [0.05, 0.1) is 11.4 Å². The molecule has 0 amide bonds. The summed E-state index contributed by atoms with van der Waals surface area (Å²) in [6.45, 7) is 1.93.